The van der Waals surface area contributed by atoms with E-state index >= 15 is 0 Å². The van der Waals surface area contributed by atoms with Gasteiger partial charge < -0.3 is 10.2 Å². The zero-order chi connectivity index (χ0) is 18.8. The smallest absolute Gasteiger partial charge is 0.254 e. The van der Waals surface area contributed by atoms with Gasteiger partial charge in [-0.05, 0) is 47.5 Å². The molecule has 4 nitrogen and oxygen atoms in total. The van der Waals surface area contributed by atoms with Crippen molar-refractivity contribution in [2.45, 2.75) is 0 Å². The molecule has 3 aromatic carbocycles. The van der Waals surface area contributed by atoms with Crippen molar-refractivity contribution in [3.8, 4) is 11.1 Å². The summed E-state index contributed by atoms with van der Waals surface area (Å²) < 4.78 is 6.73. The van der Waals surface area contributed by atoms with Crippen LogP contribution < -0.4 is 11.3 Å². The summed E-state index contributed by atoms with van der Waals surface area (Å²) >= 11 is 3.41. The Morgan fingerprint density at radius 1 is 0.889 bits per heavy atom. The maximum Gasteiger partial charge on any atom is 0.254 e. The van der Waals surface area contributed by atoms with Crippen molar-refractivity contribution >= 4 is 38.5 Å². The summed E-state index contributed by atoms with van der Waals surface area (Å²) in [5.41, 5.74) is 9.49. The molecule has 5 heteroatoms. The topological polar surface area (TPSA) is 68.6 Å². The molecule has 0 fully saturated rings. The molecule has 0 spiro atoms. The van der Waals surface area contributed by atoms with E-state index in [0.29, 0.717) is 11.3 Å². The molecule has 1 amide bonds. The predicted octanol–water partition coefficient (Wildman–Crippen LogP) is 5.19. The summed E-state index contributed by atoms with van der Waals surface area (Å²) in [5, 5.41) is 0.775. The molecule has 0 atom stereocenters. The molecule has 0 aliphatic carbocycles. The fourth-order valence-corrected chi connectivity index (χ4v) is 3.22. The normalized spacial score (nSPS) is 11.7. The lowest BCUT2D eigenvalue weighted by Gasteiger charge is -2.04. The summed E-state index contributed by atoms with van der Waals surface area (Å²) in [6.45, 7) is 0. The van der Waals surface area contributed by atoms with E-state index in [0.717, 1.165) is 21.0 Å². The van der Waals surface area contributed by atoms with E-state index in [9.17, 15) is 4.79 Å². The minimum atomic E-state index is -0.583. The minimum Gasteiger partial charge on any atom is -0.438 e. The van der Waals surface area contributed by atoms with Crippen molar-refractivity contribution in [3.63, 3.8) is 0 Å². The summed E-state index contributed by atoms with van der Waals surface area (Å²) in [7, 11) is 0. The number of nitrogens with two attached hydrogens (primary N) is 1. The van der Waals surface area contributed by atoms with Crippen molar-refractivity contribution in [2.24, 2.45) is 10.7 Å². The van der Waals surface area contributed by atoms with Gasteiger partial charge in [-0.1, -0.05) is 58.4 Å². The number of hydrogen-bond donors (Lipinski definition) is 1. The van der Waals surface area contributed by atoms with Crippen molar-refractivity contribution in [2.75, 3.05) is 0 Å². The van der Waals surface area contributed by atoms with Gasteiger partial charge in [0.05, 0.1) is 5.69 Å². The van der Waals surface area contributed by atoms with E-state index in [2.05, 4.69) is 20.9 Å². The van der Waals surface area contributed by atoms with Crippen LogP contribution in [0.2, 0.25) is 0 Å². The van der Waals surface area contributed by atoms with Gasteiger partial charge in [0.25, 0.3) is 5.91 Å². The van der Waals surface area contributed by atoms with Crippen LogP contribution in [0.1, 0.15) is 10.4 Å². The Balaban J connectivity index is 1.81. The van der Waals surface area contributed by atoms with Crippen molar-refractivity contribution in [1.82, 2.24) is 0 Å². The number of carbonyl (C=O) groups is 1. The molecule has 1 aromatic heterocycles. The first-order chi connectivity index (χ1) is 13.1. The molecule has 0 radical (unpaired) electrons. The van der Waals surface area contributed by atoms with Crippen molar-refractivity contribution in [1.29, 1.82) is 0 Å². The third kappa shape index (κ3) is 3.68. The summed E-state index contributed by atoms with van der Waals surface area (Å²) in [6.07, 6.45) is 0. The summed E-state index contributed by atoms with van der Waals surface area (Å²) in [4.78, 5) is 16.4. The number of carbonyl (C=O) groups excluding carboxylic acids is 1. The molecule has 0 bridgehead atoms. The van der Waals surface area contributed by atoms with E-state index in [-0.39, 0.29) is 11.1 Å². The molecule has 0 unspecified atom stereocenters. The van der Waals surface area contributed by atoms with Crippen LogP contribution in [0, 0.1) is 0 Å². The molecular weight excluding hydrogens is 404 g/mol. The fraction of sp³-hybridized carbons (Fsp3) is 0. The van der Waals surface area contributed by atoms with Gasteiger partial charge in [-0.3, -0.25) is 4.79 Å². The molecular formula is C22H15BrN2O2. The zero-order valence-electron chi connectivity index (χ0n) is 14.2. The van der Waals surface area contributed by atoms with Gasteiger partial charge >= 0.3 is 0 Å². The van der Waals surface area contributed by atoms with Crippen LogP contribution >= 0.6 is 15.9 Å². The number of benzene rings is 3. The third-order valence-electron chi connectivity index (χ3n) is 4.18. The second-order valence-electron chi connectivity index (χ2n) is 6.04. The molecule has 4 rings (SSSR count). The van der Waals surface area contributed by atoms with Gasteiger partial charge in [-0.25, -0.2) is 4.99 Å². The minimum absolute atomic E-state index is 0.199. The third-order valence-corrected chi connectivity index (χ3v) is 4.67. The molecule has 0 aliphatic rings. The number of fused-ring (bicyclic) bond motifs is 1. The van der Waals surface area contributed by atoms with Crippen LogP contribution in [0.3, 0.4) is 0 Å². The van der Waals surface area contributed by atoms with E-state index < -0.39 is 5.91 Å². The summed E-state index contributed by atoms with van der Waals surface area (Å²) in [5.74, 6) is -0.583. The highest BCUT2D eigenvalue weighted by molar-refractivity contribution is 9.10. The van der Waals surface area contributed by atoms with Crippen LogP contribution in [-0.2, 0) is 0 Å². The first kappa shape index (κ1) is 17.2. The average Bonchev–Trinajstić information content (AvgIpc) is 2.69. The van der Waals surface area contributed by atoms with E-state index in [1.807, 2.05) is 72.8 Å². The van der Waals surface area contributed by atoms with Gasteiger partial charge in [0.2, 0.25) is 5.55 Å². The number of nitrogens with zero attached hydrogens (tertiary/aromatic N) is 1. The fourth-order valence-electron chi connectivity index (χ4n) is 2.84. The Bertz CT molecular complexity index is 1200. The Morgan fingerprint density at radius 3 is 2.30 bits per heavy atom. The molecule has 27 heavy (non-hydrogen) atoms. The maximum absolute atomic E-state index is 11.9. The first-order valence-corrected chi connectivity index (χ1v) is 9.13. The van der Waals surface area contributed by atoms with Crippen LogP contribution in [0.4, 0.5) is 5.69 Å². The Hall–Kier alpha value is -3.18. The van der Waals surface area contributed by atoms with Gasteiger partial charge in [0, 0.05) is 9.86 Å². The predicted molar refractivity (Wildman–Crippen MR) is 110 cm³/mol. The SMILES string of the molecule is NC(=O)c1cc2cc(Br)ccc2oc1=Nc1ccc(-c2ccccc2)cc1. The zero-order valence-corrected chi connectivity index (χ0v) is 15.8. The number of rotatable bonds is 3. The van der Waals surface area contributed by atoms with Crippen LogP contribution in [0.15, 0.2) is 92.7 Å². The number of hydrogen-bond acceptors (Lipinski definition) is 3. The van der Waals surface area contributed by atoms with Crippen LogP contribution in [-0.4, -0.2) is 5.91 Å². The second-order valence-corrected chi connectivity index (χ2v) is 6.95. The quantitative estimate of drug-likeness (QED) is 0.496. The summed E-state index contributed by atoms with van der Waals surface area (Å²) in [6, 6.07) is 25.1. The van der Waals surface area contributed by atoms with E-state index in [1.165, 1.54) is 0 Å². The number of halogens is 1. The Labute approximate surface area is 164 Å². The highest BCUT2D eigenvalue weighted by Crippen LogP contribution is 2.23. The van der Waals surface area contributed by atoms with Gasteiger partial charge in [-0.2, -0.15) is 0 Å². The van der Waals surface area contributed by atoms with E-state index in [4.69, 9.17) is 10.2 Å². The largest absolute Gasteiger partial charge is 0.438 e. The molecule has 2 N–H and O–H groups in total. The molecule has 132 valence electrons. The number of primary amides is 1. The highest BCUT2D eigenvalue weighted by atomic mass is 79.9. The molecule has 0 saturated heterocycles. The Morgan fingerprint density at radius 2 is 1.59 bits per heavy atom. The van der Waals surface area contributed by atoms with Gasteiger partial charge in [0.1, 0.15) is 11.1 Å². The molecule has 0 aliphatic heterocycles. The first-order valence-electron chi connectivity index (χ1n) is 8.33. The maximum atomic E-state index is 11.9. The lowest BCUT2D eigenvalue weighted by molar-refractivity contribution is 0.0996. The Kier molecular flexibility index (Phi) is 4.60. The van der Waals surface area contributed by atoms with Crippen LogP contribution in [0.5, 0.6) is 0 Å². The van der Waals surface area contributed by atoms with Gasteiger partial charge in [-0.15, -0.1) is 0 Å². The van der Waals surface area contributed by atoms with E-state index in [1.54, 1.807) is 6.07 Å². The molecule has 0 saturated carbocycles. The monoisotopic (exact) mass is 418 g/mol. The average molecular weight is 419 g/mol. The second kappa shape index (κ2) is 7.21. The standard InChI is InChI=1S/C22H15BrN2O2/c23-17-8-11-20-16(12-17)13-19(21(24)26)22(27-20)25-18-9-6-15(7-10-18)14-4-2-1-3-5-14/h1-13H,(H2,24,26). The lowest BCUT2D eigenvalue weighted by Crippen LogP contribution is -2.21. The molecule has 1 heterocycles. The number of amides is 1. The van der Waals surface area contributed by atoms with Crippen LogP contribution in [0.25, 0.3) is 22.1 Å². The highest BCUT2D eigenvalue weighted by Gasteiger charge is 2.10. The lowest BCUT2D eigenvalue weighted by atomic mass is 10.1. The van der Waals surface area contributed by atoms with Crippen molar-refractivity contribution in [3.05, 3.63) is 94.5 Å². The van der Waals surface area contributed by atoms with Gasteiger partial charge in [0.15, 0.2) is 0 Å². The van der Waals surface area contributed by atoms with Crippen molar-refractivity contribution < 1.29 is 9.21 Å². The molecule has 4 aromatic rings.